The van der Waals surface area contributed by atoms with E-state index in [1.807, 2.05) is 60.7 Å². The number of carbonyl (C=O) groups excluding carboxylic acids is 1. The molecular formula is C23H16Cl2N2O2S. The molecule has 30 heavy (non-hydrogen) atoms. The number of halogens is 2. The normalized spacial score (nSPS) is 11.1. The summed E-state index contributed by atoms with van der Waals surface area (Å²) in [5.41, 5.74) is 2.61. The number of nitrogens with one attached hydrogen (secondary N) is 1. The topological polar surface area (TPSA) is 51.2 Å². The van der Waals surface area contributed by atoms with Crippen molar-refractivity contribution in [1.29, 1.82) is 0 Å². The first-order valence-electron chi connectivity index (χ1n) is 9.08. The minimum absolute atomic E-state index is 0.251. The van der Waals surface area contributed by atoms with Gasteiger partial charge >= 0.3 is 0 Å². The highest BCUT2D eigenvalue weighted by molar-refractivity contribution is 7.22. The van der Waals surface area contributed by atoms with Gasteiger partial charge in [-0.25, -0.2) is 4.98 Å². The fourth-order valence-electron chi connectivity index (χ4n) is 2.72. The molecule has 0 bridgehead atoms. The Morgan fingerprint density at radius 3 is 2.67 bits per heavy atom. The molecule has 0 spiro atoms. The Morgan fingerprint density at radius 2 is 1.87 bits per heavy atom. The molecule has 1 amide bonds. The first-order chi connectivity index (χ1) is 14.6. The van der Waals surface area contributed by atoms with Crippen LogP contribution >= 0.6 is 34.5 Å². The van der Waals surface area contributed by atoms with Gasteiger partial charge in [-0.2, -0.15) is 0 Å². The van der Waals surface area contributed by atoms with E-state index in [-0.39, 0.29) is 5.91 Å². The number of benzene rings is 3. The number of anilines is 1. The molecule has 150 valence electrons. The maximum atomic E-state index is 12.2. The number of thiazole rings is 1. The quantitative estimate of drug-likeness (QED) is 0.324. The number of hydrogen-bond acceptors (Lipinski definition) is 4. The first-order valence-corrected chi connectivity index (χ1v) is 10.7. The summed E-state index contributed by atoms with van der Waals surface area (Å²) >= 11 is 13.5. The van der Waals surface area contributed by atoms with Gasteiger partial charge in [-0.1, -0.05) is 64.9 Å². The fourth-order valence-corrected chi connectivity index (χ4v) is 4.06. The number of carbonyl (C=O) groups is 1. The van der Waals surface area contributed by atoms with Crippen LogP contribution in [0.3, 0.4) is 0 Å². The van der Waals surface area contributed by atoms with Crippen LogP contribution in [-0.4, -0.2) is 10.9 Å². The van der Waals surface area contributed by atoms with Crippen molar-refractivity contribution in [2.75, 3.05) is 5.32 Å². The van der Waals surface area contributed by atoms with E-state index in [9.17, 15) is 4.79 Å². The number of hydrogen-bond donors (Lipinski definition) is 1. The van der Waals surface area contributed by atoms with Gasteiger partial charge in [0.05, 0.1) is 10.2 Å². The molecule has 1 aromatic heterocycles. The number of amides is 1. The van der Waals surface area contributed by atoms with Crippen molar-refractivity contribution in [1.82, 2.24) is 4.98 Å². The Balaban J connectivity index is 1.34. The first kappa shape index (κ1) is 20.4. The predicted octanol–water partition coefficient (Wildman–Crippen LogP) is 6.83. The largest absolute Gasteiger partial charge is 0.489 e. The van der Waals surface area contributed by atoms with Gasteiger partial charge in [0, 0.05) is 21.7 Å². The molecule has 1 N–H and O–H groups in total. The highest BCUT2D eigenvalue weighted by Crippen LogP contribution is 2.28. The van der Waals surface area contributed by atoms with Crippen molar-refractivity contribution in [3.05, 3.63) is 94.0 Å². The molecule has 1 heterocycles. The summed E-state index contributed by atoms with van der Waals surface area (Å²) in [5.74, 6) is 0.476. The van der Waals surface area contributed by atoms with E-state index in [1.165, 1.54) is 17.4 Å². The van der Waals surface area contributed by atoms with E-state index in [0.717, 1.165) is 27.1 Å². The van der Waals surface area contributed by atoms with Crippen molar-refractivity contribution in [2.45, 2.75) is 6.61 Å². The number of fused-ring (bicyclic) bond motifs is 1. The van der Waals surface area contributed by atoms with Crippen LogP contribution in [0.4, 0.5) is 5.13 Å². The van der Waals surface area contributed by atoms with Gasteiger partial charge in [-0.15, -0.1) is 0 Å². The molecule has 0 aliphatic heterocycles. The van der Waals surface area contributed by atoms with E-state index in [2.05, 4.69) is 10.3 Å². The van der Waals surface area contributed by atoms with E-state index in [4.69, 9.17) is 27.9 Å². The molecular weight excluding hydrogens is 439 g/mol. The summed E-state index contributed by atoms with van der Waals surface area (Å²) in [5, 5.41) is 4.63. The third-order valence-electron chi connectivity index (χ3n) is 4.24. The molecule has 0 fully saturated rings. The van der Waals surface area contributed by atoms with Gasteiger partial charge in [-0.05, 0) is 48.0 Å². The van der Waals surface area contributed by atoms with Gasteiger partial charge in [0.25, 0.3) is 0 Å². The van der Waals surface area contributed by atoms with Crippen LogP contribution in [0.25, 0.3) is 16.3 Å². The summed E-state index contributed by atoms with van der Waals surface area (Å²) in [6, 6.07) is 20.5. The molecule has 4 nitrogen and oxygen atoms in total. The molecule has 0 unspecified atom stereocenters. The third-order valence-corrected chi connectivity index (χ3v) is 5.78. The summed E-state index contributed by atoms with van der Waals surface area (Å²) < 4.78 is 6.69. The van der Waals surface area contributed by atoms with Crippen molar-refractivity contribution in [3.63, 3.8) is 0 Å². The number of rotatable bonds is 6. The van der Waals surface area contributed by atoms with E-state index < -0.39 is 0 Å². The smallest absolute Gasteiger partial charge is 0.250 e. The minimum Gasteiger partial charge on any atom is -0.489 e. The molecule has 0 aliphatic rings. The van der Waals surface area contributed by atoms with E-state index in [1.54, 1.807) is 12.1 Å². The molecule has 0 atom stereocenters. The highest BCUT2D eigenvalue weighted by atomic mass is 35.5. The lowest BCUT2D eigenvalue weighted by molar-refractivity contribution is -0.111. The Morgan fingerprint density at radius 1 is 1.07 bits per heavy atom. The zero-order valence-electron chi connectivity index (χ0n) is 15.6. The van der Waals surface area contributed by atoms with Crippen molar-refractivity contribution in [3.8, 4) is 5.75 Å². The van der Waals surface area contributed by atoms with Crippen LogP contribution in [0.2, 0.25) is 10.0 Å². The predicted molar refractivity (Wildman–Crippen MR) is 125 cm³/mol. The number of aromatic nitrogens is 1. The average molecular weight is 455 g/mol. The van der Waals surface area contributed by atoms with Gasteiger partial charge in [-0.3, -0.25) is 10.1 Å². The molecule has 0 radical (unpaired) electrons. The second-order valence-electron chi connectivity index (χ2n) is 6.40. The fraction of sp³-hybridized carbons (Fsp3) is 0.0435. The average Bonchev–Trinajstić information content (AvgIpc) is 3.13. The van der Waals surface area contributed by atoms with Crippen LogP contribution < -0.4 is 10.1 Å². The van der Waals surface area contributed by atoms with Gasteiger partial charge in [0.2, 0.25) is 5.91 Å². The summed E-state index contributed by atoms with van der Waals surface area (Å²) in [4.78, 5) is 16.6. The standard InChI is InChI=1S/C23H16Cl2N2O2S/c24-17-8-11-20-21(13-17)30-23(26-20)27-22(28)12-7-15-5-9-18(10-6-15)29-14-16-3-1-2-4-19(16)25/h1-13H,14H2,(H,26,27,28)/b12-7+. The monoisotopic (exact) mass is 454 g/mol. The lowest BCUT2D eigenvalue weighted by Crippen LogP contribution is -2.07. The molecule has 4 aromatic rings. The van der Waals surface area contributed by atoms with Gasteiger partial charge in [0.1, 0.15) is 12.4 Å². The summed E-state index contributed by atoms with van der Waals surface area (Å²) in [7, 11) is 0. The van der Waals surface area contributed by atoms with Crippen LogP contribution in [0.5, 0.6) is 5.75 Å². The maximum Gasteiger partial charge on any atom is 0.250 e. The highest BCUT2D eigenvalue weighted by Gasteiger charge is 2.06. The zero-order chi connectivity index (χ0) is 20.9. The number of ether oxygens (including phenoxy) is 1. The van der Waals surface area contributed by atoms with Crippen LogP contribution in [-0.2, 0) is 11.4 Å². The molecule has 0 saturated carbocycles. The molecule has 0 aliphatic carbocycles. The summed E-state index contributed by atoms with van der Waals surface area (Å²) in [6.07, 6.45) is 3.20. The molecule has 3 aromatic carbocycles. The van der Waals surface area contributed by atoms with Crippen molar-refractivity contribution >= 4 is 61.9 Å². The van der Waals surface area contributed by atoms with Crippen LogP contribution in [0.15, 0.2) is 72.8 Å². The minimum atomic E-state index is -0.251. The zero-order valence-corrected chi connectivity index (χ0v) is 18.0. The van der Waals surface area contributed by atoms with Crippen LogP contribution in [0.1, 0.15) is 11.1 Å². The Labute approximate surface area is 187 Å². The Hall–Kier alpha value is -2.86. The summed E-state index contributed by atoms with van der Waals surface area (Å²) in [6.45, 7) is 0.393. The van der Waals surface area contributed by atoms with Gasteiger partial charge < -0.3 is 4.74 Å². The van der Waals surface area contributed by atoms with E-state index in [0.29, 0.717) is 21.8 Å². The second-order valence-corrected chi connectivity index (χ2v) is 8.28. The molecule has 4 rings (SSSR count). The SMILES string of the molecule is O=C(/C=C/c1ccc(OCc2ccccc2Cl)cc1)Nc1nc2ccc(Cl)cc2s1. The Kier molecular flexibility index (Phi) is 6.33. The molecule has 0 saturated heterocycles. The van der Waals surface area contributed by atoms with Gasteiger partial charge in [0.15, 0.2) is 5.13 Å². The van der Waals surface area contributed by atoms with Crippen molar-refractivity contribution in [2.24, 2.45) is 0 Å². The lowest BCUT2D eigenvalue weighted by atomic mass is 10.2. The Bertz CT molecular complexity index is 1220. The maximum absolute atomic E-state index is 12.2. The second kappa shape index (κ2) is 9.30. The third kappa shape index (κ3) is 5.19. The lowest BCUT2D eigenvalue weighted by Gasteiger charge is -2.07. The number of nitrogens with zero attached hydrogens (tertiary/aromatic N) is 1. The van der Waals surface area contributed by atoms with E-state index >= 15 is 0 Å². The van der Waals surface area contributed by atoms with Crippen LogP contribution in [0, 0.1) is 0 Å². The molecule has 7 heteroatoms. The van der Waals surface area contributed by atoms with Crippen molar-refractivity contribution < 1.29 is 9.53 Å².